The molecule has 0 aliphatic heterocycles. The molecule has 1 heterocycles. The Kier molecular flexibility index (Phi) is 8.48. The van der Waals surface area contributed by atoms with Crippen molar-refractivity contribution in [1.82, 2.24) is 10.2 Å². The van der Waals surface area contributed by atoms with Gasteiger partial charge in [0.1, 0.15) is 24.5 Å². The zero-order valence-corrected chi connectivity index (χ0v) is 20.7. The van der Waals surface area contributed by atoms with Gasteiger partial charge in [-0.05, 0) is 42.5 Å². The van der Waals surface area contributed by atoms with Crippen LogP contribution in [0.5, 0.6) is 5.75 Å². The van der Waals surface area contributed by atoms with Crippen molar-refractivity contribution in [3.8, 4) is 29.1 Å². The van der Waals surface area contributed by atoms with Crippen molar-refractivity contribution in [3.05, 3.63) is 107 Å². The number of rotatable bonds is 8. The number of benzene rings is 3. The maximum Gasteiger partial charge on any atom is 0.199 e. The molecule has 0 unspecified atom stereocenters. The summed E-state index contributed by atoms with van der Waals surface area (Å²) in [5.41, 5.74) is 9.04. The summed E-state index contributed by atoms with van der Waals surface area (Å²) in [6.07, 6.45) is 0. The normalized spacial score (nSPS) is 10.6. The molecule has 0 amide bonds. The molecule has 0 fully saturated rings. The number of para-hydroxylation sites is 2. The Morgan fingerprint density at radius 2 is 1.58 bits per heavy atom. The quantitative estimate of drug-likeness (QED) is 0.153. The summed E-state index contributed by atoms with van der Waals surface area (Å²) in [7, 11) is 0. The molecule has 4 N–H and O–H groups in total. The van der Waals surface area contributed by atoms with Crippen LogP contribution in [0, 0.1) is 22.7 Å². The summed E-state index contributed by atoms with van der Waals surface area (Å²) in [5, 5.41) is 33.9. The molecular weight excluding hydrogens is 500 g/mol. The van der Waals surface area contributed by atoms with E-state index in [1.165, 1.54) is 0 Å². The molecule has 38 heavy (non-hydrogen) atoms. The topological polar surface area (TPSA) is 145 Å². The van der Waals surface area contributed by atoms with Crippen molar-refractivity contribution < 1.29 is 4.74 Å². The van der Waals surface area contributed by atoms with Crippen LogP contribution in [0.15, 0.2) is 107 Å². The molecule has 1 aromatic heterocycles. The van der Waals surface area contributed by atoms with E-state index in [1.807, 2.05) is 48.5 Å². The molecule has 0 bridgehead atoms. The lowest BCUT2D eigenvalue weighted by Gasteiger charge is -2.16. The van der Waals surface area contributed by atoms with E-state index >= 15 is 0 Å². The van der Waals surface area contributed by atoms with Gasteiger partial charge in [0, 0.05) is 10.6 Å². The van der Waals surface area contributed by atoms with E-state index < -0.39 is 0 Å². The highest BCUT2D eigenvalue weighted by Crippen LogP contribution is 2.25. The summed E-state index contributed by atoms with van der Waals surface area (Å²) < 4.78 is 5.76. The first kappa shape index (κ1) is 25.7. The second-order valence-electron chi connectivity index (χ2n) is 7.76. The maximum absolute atomic E-state index is 9.47. The monoisotopic (exact) mass is 520 g/mol. The first-order valence-electron chi connectivity index (χ1n) is 11.3. The van der Waals surface area contributed by atoms with E-state index in [4.69, 9.17) is 22.1 Å². The number of hydrogen-bond acceptors (Lipinski definition) is 7. The fraction of sp³-hybridized carbons (Fsp3) is 0.0357. The number of nitrogens with two attached hydrogens (primary N) is 1. The summed E-state index contributed by atoms with van der Waals surface area (Å²) in [4.78, 5) is 4.29. The Balaban J connectivity index is 1.51. The van der Waals surface area contributed by atoms with Gasteiger partial charge in [0.05, 0.1) is 22.8 Å². The third-order valence-corrected chi connectivity index (χ3v) is 5.37. The van der Waals surface area contributed by atoms with Gasteiger partial charge in [-0.3, -0.25) is 0 Å². The maximum atomic E-state index is 9.47. The summed E-state index contributed by atoms with van der Waals surface area (Å²) in [6, 6.07) is 30.9. The number of ether oxygens (including phenoxy) is 1. The molecule has 10 heteroatoms. The molecule has 0 spiro atoms. The third kappa shape index (κ3) is 6.85. The Morgan fingerprint density at radius 1 is 0.868 bits per heavy atom. The minimum atomic E-state index is -0.128. The van der Waals surface area contributed by atoms with Crippen molar-refractivity contribution in [2.45, 2.75) is 0 Å². The van der Waals surface area contributed by atoms with Crippen molar-refractivity contribution in [2.75, 3.05) is 17.2 Å². The van der Waals surface area contributed by atoms with Crippen molar-refractivity contribution in [2.24, 2.45) is 10.7 Å². The molecule has 0 radical (unpaired) electrons. The summed E-state index contributed by atoms with van der Waals surface area (Å²) in [6.45, 7) is -0.0714. The van der Waals surface area contributed by atoms with Crippen molar-refractivity contribution in [1.29, 1.82) is 10.5 Å². The largest absolute Gasteiger partial charge is 0.487 e. The number of halogens is 1. The number of nitrogens with one attached hydrogen (secondary N) is 2. The first-order valence-corrected chi connectivity index (χ1v) is 11.7. The van der Waals surface area contributed by atoms with Gasteiger partial charge < -0.3 is 21.1 Å². The molecule has 9 nitrogen and oxygen atoms in total. The molecule has 0 saturated heterocycles. The molecule has 186 valence electrons. The predicted molar refractivity (Wildman–Crippen MR) is 148 cm³/mol. The highest BCUT2D eigenvalue weighted by Gasteiger charge is 2.12. The molecule has 0 atom stereocenters. The van der Waals surface area contributed by atoms with Gasteiger partial charge in [-0.1, -0.05) is 60.1 Å². The lowest BCUT2D eigenvalue weighted by molar-refractivity contribution is 0.353. The Hall–Kier alpha value is -5.38. The number of aromatic nitrogens is 2. The molecule has 4 rings (SSSR count). The Morgan fingerprint density at radius 3 is 2.24 bits per heavy atom. The number of anilines is 2. The van der Waals surface area contributed by atoms with Crippen LogP contribution in [-0.4, -0.2) is 22.8 Å². The third-order valence-electron chi connectivity index (χ3n) is 5.14. The molecule has 0 aliphatic carbocycles. The van der Waals surface area contributed by atoms with Gasteiger partial charge in [-0.15, -0.1) is 10.2 Å². The van der Waals surface area contributed by atoms with Gasteiger partial charge >= 0.3 is 0 Å². The van der Waals surface area contributed by atoms with Crippen LogP contribution in [0.4, 0.5) is 17.2 Å². The van der Waals surface area contributed by atoms with Crippen LogP contribution >= 0.6 is 11.6 Å². The summed E-state index contributed by atoms with van der Waals surface area (Å²) in [5.74, 6) is 0.892. The van der Waals surface area contributed by atoms with E-state index in [0.717, 1.165) is 11.3 Å². The first-order chi connectivity index (χ1) is 18.6. The van der Waals surface area contributed by atoms with E-state index in [2.05, 4.69) is 25.8 Å². The van der Waals surface area contributed by atoms with Crippen LogP contribution in [0.25, 0.3) is 11.3 Å². The molecule has 3 aromatic carbocycles. The fourth-order valence-corrected chi connectivity index (χ4v) is 3.52. The second-order valence-corrected chi connectivity index (χ2v) is 8.20. The van der Waals surface area contributed by atoms with Crippen LogP contribution in [0.1, 0.15) is 0 Å². The standard InChI is InChI=1S/C28H21ClN8O/c29-21-9-6-10-22(15-21)38-18-26(20(16-30)17-31)33-24-11-4-5-12-25(24)34-28(32)35-27-14-13-23(36-37-27)19-7-2-1-3-8-19/h1-15,33H,18H2,(H3,32,34,35,37). The summed E-state index contributed by atoms with van der Waals surface area (Å²) >= 11 is 6.02. The lowest BCUT2D eigenvalue weighted by atomic mass is 10.1. The lowest BCUT2D eigenvalue weighted by Crippen LogP contribution is -2.23. The number of nitriles is 2. The smallest absolute Gasteiger partial charge is 0.199 e. The van der Waals surface area contributed by atoms with Crippen LogP contribution in [0.3, 0.4) is 0 Å². The molecular formula is C28H21ClN8O. The zero-order valence-electron chi connectivity index (χ0n) is 20.0. The van der Waals surface area contributed by atoms with Crippen molar-refractivity contribution in [3.63, 3.8) is 0 Å². The van der Waals surface area contributed by atoms with Gasteiger partial charge in [0.2, 0.25) is 0 Å². The van der Waals surface area contributed by atoms with E-state index in [1.54, 1.807) is 54.6 Å². The fourth-order valence-electron chi connectivity index (χ4n) is 3.34. The van der Waals surface area contributed by atoms with Gasteiger partial charge in [-0.25, -0.2) is 0 Å². The van der Waals surface area contributed by atoms with E-state index in [-0.39, 0.29) is 23.8 Å². The predicted octanol–water partition coefficient (Wildman–Crippen LogP) is 5.65. The zero-order chi connectivity index (χ0) is 26.7. The van der Waals surface area contributed by atoms with Crippen LogP contribution in [-0.2, 0) is 0 Å². The second kappa shape index (κ2) is 12.5. The van der Waals surface area contributed by atoms with E-state index in [0.29, 0.717) is 28.0 Å². The van der Waals surface area contributed by atoms with Gasteiger partial charge in [0.25, 0.3) is 0 Å². The van der Waals surface area contributed by atoms with Crippen molar-refractivity contribution >= 4 is 34.8 Å². The molecule has 0 aliphatic rings. The number of aliphatic imine (C=N–C) groups is 1. The van der Waals surface area contributed by atoms with Crippen LogP contribution < -0.4 is 21.1 Å². The number of nitrogens with zero attached hydrogens (tertiary/aromatic N) is 5. The number of hydrogen-bond donors (Lipinski definition) is 3. The minimum Gasteiger partial charge on any atom is -0.487 e. The van der Waals surface area contributed by atoms with E-state index in [9.17, 15) is 10.5 Å². The molecule has 4 aromatic rings. The molecule has 0 saturated carbocycles. The van der Waals surface area contributed by atoms with Gasteiger partial charge in [0.15, 0.2) is 17.4 Å². The highest BCUT2D eigenvalue weighted by molar-refractivity contribution is 6.30. The number of allylic oxidation sites excluding steroid dienone is 1. The highest BCUT2D eigenvalue weighted by atomic mass is 35.5. The Bertz CT molecular complexity index is 1540. The average Bonchev–Trinajstić information content (AvgIpc) is 2.94. The Labute approximate surface area is 224 Å². The minimum absolute atomic E-state index is 0.0714. The SMILES string of the molecule is N#CC(C#N)=C(COc1cccc(Cl)c1)Nc1ccccc1NC(N)=Nc1ccc(-c2ccccc2)nn1. The average molecular weight is 521 g/mol. The van der Waals surface area contributed by atoms with Gasteiger partial charge in [-0.2, -0.15) is 15.5 Å². The van der Waals surface area contributed by atoms with Crippen LogP contribution in [0.2, 0.25) is 5.02 Å². The number of guanidine groups is 1.